The second kappa shape index (κ2) is 5.81. The van der Waals surface area contributed by atoms with Crippen molar-refractivity contribution in [3.8, 4) is 5.75 Å². The van der Waals surface area contributed by atoms with E-state index in [0.717, 1.165) is 0 Å². The van der Waals surface area contributed by atoms with Crippen molar-refractivity contribution in [2.75, 3.05) is 0 Å². The van der Waals surface area contributed by atoms with E-state index in [1.165, 1.54) is 4.68 Å². The molecule has 0 aliphatic rings. The molecule has 0 saturated carbocycles. The van der Waals surface area contributed by atoms with Gasteiger partial charge < -0.3 is 9.84 Å². The molecule has 1 heterocycles. The molecule has 6 nitrogen and oxygen atoms in total. The molecule has 98 valence electrons. The summed E-state index contributed by atoms with van der Waals surface area (Å²) in [6.07, 6.45) is 1.62. The van der Waals surface area contributed by atoms with Crippen LogP contribution < -0.4 is 4.74 Å². The summed E-state index contributed by atoms with van der Waals surface area (Å²) in [6.45, 7) is 4.07. The zero-order chi connectivity index (χ0) is 13.7. The van der Waals surface area contributed by atoms with Gasteiger partial charge in [-0.2, -0.15) is 0 Å². The van der Waals surface area contributed by atoms with Crippen LogP contribution in [0.4, 0.5) is 0 Å². The summed E-state index contributed by atoms with van der Waals surface area (Å²) in [5, 5.41) is 16.5. The number of carboxylic acid groups (broad SMARTS) is 1. The summed E-state index contributed by atoms with van der Waals surface area (Å²) >= 11 is 0. The number of hydrogen-bond donors (Lipinski definition) is 1. The van der Waals surface area contributed by atoms with Gasteiger partial charge in [-0.05, 0) is 12.1 Å². The van der Waals surface area contributed by atoms with E-state index in [4.69, 9.17) is 9.84 Å². The van der Waals surface area contributed by atoms with Crippen LogP contribution in [0, 0.1) is 0 Å². The van der Waals surface area contributed by atoms with Gasteiger partial charge in [0.15, 0.2) is 5.69 Å². The van der Waals surface area contributed by atoms with Crippen LogP contribution in [-0.4, -0.2) is 26.1 Å². The van der Waals surface area contributed by atoms with Gasteiger partial charge in [0.05, 0.1) is 6.54 Å². The van der Waals surface area contributed by atoms with Gasteiger partial charge in [-0.25, -0.2) is 9.48 Å². The molecule has 0 aliphatic carbocycles. The van der Waals surface area contributed by atoms with Gasteiger partial charge in [0.1, 0.15) is 18.1 Å². The lowest BCUT2D eigenvalue weighted by Crippen LogP contribution is -2.10. The number of ether oxygens (including phenoxy) is 1. The SMILES string of the molecule is C=CCn1nnc(C(=O)O)c1COc1ccccc1. The second-order valence-corrected chi connectivity index (χ2v) is 3.76. The highest BCUT2D eigenvalue weighted by atomic mass is 16.5. The van der Waals surface area contributed by atoms with Gasteiger partial charge in [-0.15, -0.1) is 11.7 Å². The number of rotatable bonds is 6. The van der Waals surface area contributed by atoms with Gasteiger partial charge >= 0.3 is 5.97 Å². The molecule has 0 saturated heterocycles. The van der Waals surface area contributed by atoms with Crippen molar-refractivity contribution in [1.82, 2.24) is 15.0 Å². The second-order valence-electron chi connectivity index (χ2n) is 3.76. The lowest BCUT2D eigenvalue weighted by atomic mass is 10.3. The molecule has 0 atom stereocenters. The van der Waals surface area contributed by atoms with E-state index in [2.05, 4.69) is 16.9 Å². The Kier molecular flexibility index (Phi) is 3.92. The first-order valence-corrected chi connectivity index (χ1v) is 5.66. The Morgan fingerprint density at radius 3 is 2.79 bits per heavy atom. The first-order chi connectivity index (χ1) is 9.22. The van der Waals surface area contributed by atoms with E-state index in [9.17, 15) is 4.79 Å². The monoisotopic (exact) mass is 259 g/mol. The Labute approximate surface area is 109 Å². The van der Waals surface area contributed by atoms with E-state index < -0.39 is 5.97 Å². The Bertz CT molecular complexity index is 578. The Hall–Kier alpha value is -2.63. The smallest absolute Gasteiger partial charge is 0.358 e. The molecule has 0 bridgehead atoms. The highest BCUT2D eigenvalue weighted by Crippen LogP contribution is 2.13. The molecule has 0 unspecified atom stereocenters. The van der Waals surface area contributed by atoms with Gasteiger partial charge in [0.25, 0.3) is 0 Å². The first kappa shape index (κ1) is 12.8. The lowest BCUT2D eigenvalue weighted by molar-refractivity contribution is 0.0687. The van der Waals surface area contributed by atoms with Crippen molar-refractivity contribution >= 4 is 5.97 Å². The largest absolute Gasteiger partial charge is 0.487 e. The number of carbonyl (C=O) groups is 1. The molecule has 1 aromatic heterocycles. The van der Waals surface area contributed by atoms with Crippen LogP contribution >= 0.6 is 0 Å². The molecule has 2 rings (SSSR count). The van der Waals surface area contributed by atoms with Crippen molar-refractivity contribution in [2.45, 2.75) is 13.2 Å². The van der Waals surface area contributed by atoms with Crippen LogP contribution in [0.1, 0.15) is 16.2 Å². The molecule has 2 aromatic rings. The Morgan fingerprint density at radius 2 is 2.16 bits per heavy atom. The molecular formula is C13H13N3O3. The van der Waals surface area contributed by atoms with Gasteiger partial charge in [0, 0.05) is 0 Å². The molecule has 0 amide bonds. The normalized spacial score (nSPS) is 10.1. The Morgan fingerprint density at radius 1 is 1.42 bits per heavy atom. The van der Waals surface area contributed by atoms with Crippen LogP contribution in [0.2, 0.25) is 0 Å². The molecule has 0 aliphatic heterocycles. The van der Waals surface area contributed by atoms with Crippen molar-refractivity contribution in [3.63, 3.8) is 0 Å². The zero-order valence-electron chi connectivity index (χ0n) is 10.2. The summed E-state index contributed by atoms with van der Waals surface area (Å²) in [7, 11) is 0. The highest BCUT2D eigenvalue weighted by Gasteiger charge is 2.18. The zero-order valence-corrected chi connectivity index (χ0v) is 10.2. The van der Waals surface area contributed by atoms with Crippen molar-refractivity contribution in [2.24, 2.45) is 0 Å². The van der Waals surface area contributed by atoms with Gasteiger partial charge in [-0.1, -0.05) is 29.5 Å². The molecule has 0 radical (unpaired) electrons. The van der Waals surface area contributed by atoms with E-state index >= 15 is 0 Å². The fourth-order valence-electron chi connectivity index (χ4n) is 1.58. The van der Waals surface area contributed by atoms with Crippen LogP contribution in [0.3, 0.4) is 0 Å². The van der Waals surface area contributed by atoms with Crippen LogP contribution in [-0.2, 0) is 13.2 Å². The third-order valence-electron chi connectivity index (χ3n) is 2.46. The van der Waals surface area contributed by atoms with E-state index in [0.29, 0.717) is 18.0 Å². The minimum absolute atomic E-state index is 0.0898. The minimum Gasteiger partial charge on any atom is -0.487 e. The topological polar surface area (TPSA) is 77.2 Å². The molecular weight excluding hydrogens is 246 g/mol. The summed E-state index contributed by atoms with van der Waals surface area (Å²) < 4.78 is 6.99. The molecule has 0 spiro atoms. The van der Waals surface area contributed by atoms with Crippen molar-refractivity contribution in [1.29, 1.82) is 0 Å². The fourth-order valence-corrected chi connectivity index (χ4v) is 1.58. The van der Waals surface area contributed by atoms with Crippen LogP contribution in [0.5, 0.6) is 5.75 Å². The van der Waals surface area contributed by atoms with E-state index in [1.54, 1.807) is 18.2 Å². The highest BCUT2D eigenvalue weighted by molar-refractivity contribution is 5.86. The third kappa shape index (κ3) is 2.98. The molecule has 1 N–H and O–H groups in total. The standard InChI is InChI=1S/C13H13N3O3/c1-2-8-16-11(12(13(17)18)14-15-16)9-19-10-6-4-3-5-7-10/h2-7H,1,8-9H2,(H,17,18). The van der Waals surface area contributed by atoms with Crippen LogP contribution in [0.15, 0.2) is 43.0 Å². The number of aromatic carboxylic acids is 1. The maximum atomic E-state index is 11.1. The predicted molar refractivity (Wildman–Crippen MR) is 68.0 cm³/mol. The summed E-state index contributed by atoms with van der Waals surface area (Å²) in [6, 6.07) is 9.14. The van der Waals surface area contributed by atoms with E-state index in [1.807, 2.05) is 18.2 Å². The van der Waals surface area contributed by atoms with Gasteiger partial charge in [0.2, 0.25) is 0 Å². The maximum absolute atomic E-state index is 11.1. The number of carboxylic acids is 1. The van der Waals surface area contributed by atoms with Gasteiger partial charge in [-0.3, -0.25) is 0 Å². The molecule has 1 aromatic carbocycles. The minimum atomic E-state index is -1.12. The number of nitrogens with zero attached hydrogens (tertiary/aromatic N) is 3. The maximum Gasteiger partial charge on any atom is 0.358 e. The van der Waals surface area contributed by atoms with Crippen molar-refractivity contribution < 1.29 is 14.6 Å². The number of para-hydroxylation sites is 1. The quantitative estimate of drug-likeness (QED) is 0.799. The number of allylic oxidation sites excluding steroid dienone is 1. The average Bonchev–Trinajstić information content (AvgIpc) is 2.81. The van der Waals surface area contributed by atoms with Crippen LogP contribution in [0.25, 0.3) is 0 Å². The summed E-state index contributed by atoms with van der Waals surface area (Å²) in [4.78, 5) is 11.1. The summed E-state index contributed by atoms with van der Waals surface area (Å²) in [5.41, 5.74) is 0.314. The molecule has 0 fully saturated rings. The van der Waals surface area contributed by atoms with Crippen molar-refractivity contribution in [3.05, 3.63) is 54.4 Å². The molecule has 6 heteroatoms. The number of hydrogen-bond acceptors (Lipinski definition) is 4. The third-order valence-corrected chi connectivity index (χ3v) is 2.46. The summed E-state index contributed by atoms with van der Waals surface area (Å²) in [5.74, 6) is -0.466. The average molecular weight is 259 g/mol. The first-order valence-electron chi connectivity index (χ1n) is 5.66. The van der Waals surface area contributed by atoms with E-state index in [-0.39, 0.29) is 12.3 Å². The molecule has 19 heavy (non-hydrogen) atoms. The lowest BCUT2D eigenvalue weighted by Gasteiger charge is -2.07. The Balaban J connectivity index is 2.20. The predicted octanol–water partition coefficient (Wildman–Crippen LogP) is 1.74. The number of aromatic nitrogens is 3. The number of benzene rings is 1. The fraction of sp³-hybridized carbons (Fsp3) is 0.154.